The number of hydrogen-bond acceptors (Lipinski definition) is 4. The maximum absolute atomic E-state index is 14.3. The van der Waals surface area contributed by atoms with E-state index < -0.39 is 17.9 Å². The lowest BCUT2D eigenvalue weighted by Crippen LogP contribution is -2.47. The van der Waals surface area contributed by atoms with Crippen molar-refractivity contribution in [3.8, 4) is 0 Å². The second kappa shape index (κ2) is 6.89. The average Bonchev–Trinajstić information content (AvgIpc) is 2.81. The molecule has 1 aromatic rings. The molecule has 0 spiro atoms. The highest BCUT2D eigenvalue weighted by Gasteiger charge is 2.33. The van der Waals surface area contributed by atoms with Gasteiger partial charge in [-0.25, -0.2) is 14.2 Å². The number of thioether (sulfide) groups is 1. The number of hydrogen-bond donors (Lipinski definition) is 0. The number of carbonyl (C=O) groups excluding carboxylic acids is 1. The first-order valence-electron chi connectivity index (χ1n) is 7.48. The first-order chi connectivity index (χ1) is 10.3. The molecular formula is C15H24FN3O2S. The zero-order chi connectivity index (χ0) is 16.3. The van der Waals surface area contributed by atoms with Crippen molar-refractivity contribution in [2.75, 3.05) is 18.8 Å². The van der Waals surface area contributed by atoms with E-state index in [4.69, 9.17) is 4.74 Å². The molecular weight excluding hydrogens is 305 g/mol. The van der Waals surface area contributed by atoms with Crippen molar-refractivity contribution in [1.29, 1.82) is 0 Å². The highest BCUT2D eigenvalue weighted by atomic mass is 32.2. The molecule has 1 saturated heterocycles. The molecule has 1 aliphatic heterocycles. The van der Waals surface area contributed by atoms with Gasteiger partial charge in [0.25, 0.3) is 0 Å². The minimum Gasteiger partial charge on any atom is -0.444 e. The average molecular weight is 329 g/mol. The summed E-state index contributed by atoms with van der Waals surface area (Å²) >= 11 is 1.56. The number of ether oxygens (including phenoxy) is 1. The van der Waals surface area contributed by atoms with Crippen LogP contribution < -0.4 is 0 Å². The van der Waals surface area contributed by atoms with Crippen LogP contribution in [0, 0.1) is 5.92 Å². The molecule has 124 valence electrons. The summed E-state index contributed by atoms with van der Waals surface area (Å²) in [5.74, 6) is 0.620. The molecule has 2 atom stereocenters. The van der Waals surface area contributed by atoms with Crippen LogP contribution in [0.1, 0.15) is 27.2 Å². The lowest BCUT2D eigenvalue weighted by Gasteiger charge is -2.35. The number of alkyl halides is 1. The van der Waals surface area contributed by atoms with E-state index in [1.807, 2.05) is 38.6 Å². The second-order valence-electron chi connectivity index (χ2n) is 6.62. The Kier molecular flexibility index (Phi) is 5.36. The summed E-state index contributed by atoms with van der Waals surface area (Å²) in [6.07, 6.45) is 2.82. The molecule has 2 heterocycles. The normalized spacial score (nSPS) is 22.7. The van der Waals surface area contributed by atoms with Gasteiger partial charge in [-0.3, -0.25) is 0 Å². The van der Waals surface area contributed by atoms with Gasteiger partial charge in [-0.1, -0.05) is 11.8 Å². The van der Waals surface area contributed by atoms with Crippen molar-refractivity contribution in [1.82, 2.24) is 14.5 Å². The van der Waals surface area contributed by atoms with Gasteiger partial charge in [-0.15, -0.1) is 0 Å². The number of imidazole rings is 1. The molecule has 1 aliphatic rings. The highest BCUT2D eigenvalue weighted by molar-refractivity contribution is 7.99. The molecule has 1 aromatic heterocycles. The number of aryl methyl sites for hydroxylation is 1. The largest absolute Gasteiger partial charge is 0.444 e. The maximum atomic E-state index is 14.3. The topological polar surface area (TPSA) is 47.4 Å². The summed E-state index contributed by atoms with van der Waals surface area (Å²) in [5, 5.41) is 0.891. The quantitative estimate of drug-likeness (QED) is 0.800. The third-order valence-electron chi connectivity index (χ3n) is 3.53. The van der Waals surface area contributed by atoms with Crippen molar-refractivity contribution >= 4 is 17.9 Å². The zero-order valence-corrected chi connectivity index (χ0v) is 14.4. The SMILES string of the molecule is Cn1ccnc1SC[C@H]1CCN(C(=O)OC(C)(C)C)C[C@@H]1F. The van der Waals surface area contributed by atoms with Crippen molar-refractivity contribution in [3.63, 3.8) is 0 Å². The number of piperidine rings is 1. The summed E-state index contributed by atoms with van der Waals surface area (Å²) in [5.41, 5.74) is -0.548. The Morgan fingerprint density at radius 3 is 2.82 bits per heavy atom. The summed E-state index contributed by atoms with van der Waals surface area (Å²) in [4.78, 5) is 17.7. The van der Waals surface area contributed by atoms with Crippen LogP contribution in [0.15, 0.2) is 17.6 Å². The minimum absolute atomic E-state index is 0.0552. The summed E-state index contributed by atoms with van der Waals surface area (Å²) in [7, 11) is 1.92. The van der Waals surface area contributed by atoms with Gasteiger partial charge in [0, 0.05) is 37.7 Å². The standard InChI is InChI=1S/C15H24FN3O2S/c1-15(2,3)21-14(20)19-7-5-11(12(16)9-19)10-22-13-17-6-8-18(13)4/h6,8,11-12H,5,7,9-10H2,1-4H3/t11-,12+/m1/s1. The van der Waals surface area contributed by atoms with Crippen LogP contribution in [0.2, 0.25) is 0 Å². The van der Waals surface area contributed by atoms with E-state index in [2.05, 4.69) is 4.98 Å². The lowest BCUT2D eigenvalue weighted by molar-refractivity contribution is 0.00746. The van der Waals surface area contributed by atoms with Crippen LogP contribution >= 0.6 is 11.8 Å². The Balaban J connectivity index is 1.82. The fourth-order valence-corrected chi connectivity index (χ4v) is 3.44. The third-order valence-corrected chi connectivity index (χ3v) is 4.78. The molecule has 2 rings (SSSR count). The highest BCUT2D eigenvalue weighted by Crippen LogP contribution is 2.28. The molecule has 0 bridgehead atoms. The van der Waals surface area contributed by atoms with Crippen LogP contribution in [0.25, 0.3) is 0 Å². The van der Waals surface area contributed by atoms with E-state index in [0.29, 0.717) is 18.7 Å². The maximum Gasteiger partial charge on any atom is 0.410 e. The number of aromatic nitrogens is 2. The number of carbonyl (C=O) groups is 1. The van der Waals surface area contributed by atoms with Crippen molar-refractivity contribution in [2.45, 2.75) is 44.1 Å². The molecule has 0 aromatic carbocycles. The summed E-state index contributed by atoms with van der Waals surface area (Å²) in [6.45, 7) is 6.10. The number of rotatable bonds is 3. The smallest absolute Gasteiger partial charge is 0.410 e. The predicted octanol–water partition coefficient (Wildman–Crippen LogP) is 3.11. The molecule has 1 amide bonds. The molecule has 0 aliphatic carbocycles. The minimum atomic E-state index is -1.02. The van der Waals surface area contributed by atoms with Crippen LogP contribution in [-0.2, 0) is 11.8 Å². The van der Waals surface area contributed by atoms with E-state index in [1.54, 1.807) is 18.0 Å². The fourth-order valence-electron chi connectivity index (χ4n) is 2.31. The van der Waals surface area contributed by atoms with E-state index >= 15 is 0 Å². The van der Waals surface area contributed by atoms with Crippen LogP contribution in [0.5, 0.6) is 0 Å². The van der Waals surface area contributed by atoms with E-state index in [9.17, 15) is 9.18 Å². The Morgan fingerprint density at radius 1 is 1.55 bits per heavy atom. The molecule has 22 heavy (non-hydrogen) atoms. The Morgan fingerprint density at radius 2 is 2.27 bits per heavy atom. The Bertz CT molecular complexity index is 515. The molecule has 0 unspecified atom stereocenters. The van der Waals surface area contributed by atoms with Crippen molar-refractivity contribution in [2.24, 2.45) is 13.0 Å². The lowest BCUT2D eigenvalue weighted by atomic mass is 9.97. The monoisotopic (exact) mass is 329 g/mol. The van der Waals surface area contributed by atoms with Crippen LogP contribution in [0.3, 0.4) is 0 Å². The van der Waals surface area contributed by atoms with Crippen LogP contribution in [-0.4, -0.2) is 51.2 Å². The molecule has 0 saturated carbocycles. The predicted molar refractivity (Wildman–Crippen MR) is 84.7 cm³/mol. The van der Waals surface area contributed by atoms with Gasteiger partial charge in [0.05, 0.1) is 6.54 Å². The van der Waals surface area contributed by atoms with Crippen LogP contribution in [0.4, 0.5) is 9.18 Å². The number of likely N-dealkylation sites (tertiary alicyclic amines) is 1. The van der Waals surface area contributed by atoms with Crippen molar-refractivity contribution < 1.29 is 13.9 Å². The van der Waals surface area contributed by atoms with Gasteiger partial charge in [0.15, 0.2) is 5.16 Å². The van der Waals surface area contributed by atoms with Crippen molar-refractivity contribution in [3.05, 3.63) is 12.4 Å². The van der Waals surface area contributed by atoms with Gasteiger partial charge < -0.3 is 14.2 Å². The van der Waals surface area contributed by atoms with E-state index in [0.717, 1.165) is 5.16 Å². The Labute approximate surface area is 135 Å². The van der Waals surface area contributed by atoms with Gasteiger partial charge in [-0.2, -0.15) is 0 Å². The number of halogens is 1. The summed E-state index contributed by atoms with van der Waals surface area (Å²) in [6, 6.07) is 0. The molecule has 5 nitrogen and oxygen atoms in total. The van der Waals surface area contributed by atoms with E-state index in [1.165, 1.54) is 4.90 Å². The number of nitrogens with zero attached hydrogens (tertiary/aromatic N) is 3. The first kappa shape index (κ1) is 17.1. The van der Waals surface area contributed by atoms with Gasteiger partial charge >= 0.3 is 6.09 Å². The number of amides is 1. The third kappa shape index (κ3) is 4.63. The first-order valence-corrected chi connectivity index (χ1v) is 8.47. The molecule has 0 radical (unpaired) electrons. The summed E-state index contributed by atoms with van der Waals surface area (Å²) < 4.78 is 21.6. The van der Waals surface area contributed by atoms with Gasteiger partial charge in [0.1, 0.15) is 11.8 Å². The van der Waals surface area contributed by atoms with Gasteiger partial charge in [0.2, 0.25) is 0 Å². The second-order valence-corrected chi connectivity index (χ2v) is 7.61. The molecule has 1 fully saturated rings. The Hall–Kier alpha value is -1.24. The molecule has 0 N–H and O–H groups in total. The van der Waals surface area contributed by atoms with E-state index in [-0.39, 0.29) is 12.5 Å². The zero-order valence-electron chi connectivity index (χ0n) is 13.6. The van der Waals surface area contributed by atoms with Gasteiger partial charge in [-0.05, 0) is 27.2 Å². The fraction of sp³-hybridized carbons (Fsp3) is 0.733. The molecule has 7 heteroatoms.